The second kappa shape index (κ2) is 5.83. The molecule has 18 heavy (non-hydrogen) atoms. The van der Waals surface area contributed by atoms with E-state index in [-0.39, 0.29) is 0 Å². The van der Waals surface area contributed by atoms with E-state index in [1.165, 1.54) is 31.4 Å². The summed E-state index contributed by atoms with van der Waals surface area (Å²) in [6, 6.07) is 6.54. The number of nitrogens with zero attached hydrogens (tertiary/aromatic N) is 1. The van der Waals surface area contributed by atoms with Crippen molar-refractivity contribution in [1.29, 1.82) is 0 Å². The maximum absolute atomic E-state index is 6.09. The Morgan fingerprint density at radius 1 is 1.39 bits per heavy atom. The predicted molar refractivity (Wildman–Crippen MR) is 80.8 cm³/mol. The fourth-order valence-corrected chi connectivity index (χ4v) is 2.74. The molecule has 2 rings (SSSR count). The molecule has 1 N–H and O–H groups in total. The van der Waals surface area contributed by atoms with Gasteiger partial charge in [0.1, 0.15) is 0 Å². The summed E-state index contributed by atoms with van der Waals surface area (Å²) in [5.74, 6) is 0.925. The van der Waals surface area contributed by atoms with Crippen LogP contribution in [-0.4, -0.2) is 20.1 Å². The highest BCUT2D eigenvalue weighted by molar-refractivity contribution is 6.31. The van der Waals surface area contributed by atoms with Crippen molar-refractivity contribution in [2.75, 3.05) is 24.3 Å². The molecule has 2 nitrogen and oxygen atoms in total. The van der Waals surface area contributed by atoms with Gasteiger partial charge in [-0.2, -0.15) is 0 Å². The largest absolute Gasteiger partial charge is 0.381 e. The smallest absolute Gasteiger partial charge is 0.0597 e. The van der Waals surface area contributed by atoms with Crippen molar-refractivity contribution in [1.82, 2.24) is 0 Å². The first-order valence-corrected chi connectivity index (χ1v) is 7.17. The molecule has 0 radical (unpaired) electrons. The van der Waals surface area contributed by atoms with Gasteiger partial charge in [-0.05, 0) is 37.5 Å². The highest BCUT2D eigenvalue weighted by Crippen LogP contribution is 2.33. The lowest BCUT2D eigenvalue weighted by Crippen LogP contribution is -2.24. The molecule has 1 aliphatic rings. The van der Waals surface area contributed by atoms with Gasteiger partial charge in [0.15, 0.2) is 0 Å². The Kier molecular flexibility index (Phi) is 4.39. The monoisotopic (exact) mass is 266 g/mol. The van der Waals surface area contributed by atoms with E-state index in [0.717, 1.165) is 16.6 Å². The average Bonchev–Trinajstić information content (AvgIpc) is 2.23. The molecule has 0 saturated heterocycles. The van der Waals surface area contributed by atoms with E-state index in [9.17, 15) is 0 Å². The quantitative estimate of drug-likeness (QED) is 0.850. The van der Waals surface area contributed by atoms with Gasteiger partial charge in [-0.25, -0.2) is 0 Å². The van der Waals surface area contributed by atoms with Crippen molar-refractivity contribution in [3.05, 3.63) is 23.2 Å². The summed E-state index contributed by atoms with van der Waals surface area (Å²) in [6.45, 7) is 2.26. The molecule has 1 atom stereocenters. The molecule has 100 valence electrons. The molecule has 0 aliphatic heterocycles. The van der Waals surface area contributed by atoms with Crippen LogP contribution in [0, 0.1) is 5.92 Å². The van der Waals surface area contributed by atoms with Gasteiger partial charge in [0.05, 0.1) is 11.4 Å². The minimum absolute atomic E-state index is 0.507. The molecule has 1 fully saturated rings. The fraction of sp³-hybridized carbons (Fsp3) is 0.600. The second-order valence-corrected chi connectivity index (χ2v) is 6.07. The van der Waals surface area contributed by atoms with E-state index in [1.54, 1.807) is 0 Å². The molecule has 3 heteroatoms. The average molecular weight is 267 g/mol. The molecule has 0 heterocycles. The van der Waals surface area contributed by atoms with Crippen molar-refractivity contribution in [2.24, 2.45) is 5.92 Å². The lowest BCUT2D eigenvalue weighted by molar-refractivity contribution is 0.286. The lowest BCUT2D eigenvalue weighted by atomic mass is 9.81. The molecular weight excluding hydrogens is 244 g/mol. The van der Waals surface area contributed by atoms with Gasteiger partial charge in [-0.1, -0.05) is 30.9 Å². The van der Waals surface area contributed by atoms with Crippen molar-refractivity contribution >= 4 is 23.0 Å². The van der Waals surface area contributed by atoms with Gasteiger partial charge in [-0.15, -0.1) is 0 Å². The van der Waals surface area contributed by atoms with E-state index in [4.69, 9.17) is 11.6 Å². The van der Waals surface area contributed by atoms with Gasteiger partial charge in [0.25, 0.3) is 0 Å². The van der Waals surface area contributed by atoms with Crippen LogP contribution in [-0.2, 0) is 0 Å². The third-order valence-corrected chi connectivity index (χ3v) is 3.99. The van der Waals surface area contributed by atoms with Crippen LogP contribution in [0.2, 0.25) is 5.02 Å². The molecule has 1 aromatic carbocycles. The van der Waals surface area contributed by atoms with Crippen molar-refractivity contribution < 1.29 is 0 Å². The third-order valence-electron chi connectivity index (χ3n) is 3.75. The van der Waals surface area contributed by atoms with E-state index in [0.29, 0.717) is 6.04 Å². The van der Waals surface area contributed by atoms with E-state index >= 15 is 0 Å². The molecular formula is C15H23ClN2. The topological polar surface area (TPSA) is 15.3 Å². The highest BCUT2D eigenvalue weighted by atomic mass is 35.5. The molecule has 0 bridgehead atoms. The number of hydrogen-bond donors (Lipinski definition) is 1. The highest BCUT2D eigenvalue weighted by Gasteiger charge is 2.20. The number of nitrogens with one attached hydrogen (secondary N) is 1. The molecule has 1 aromatic rings. The summed E-state index contributed by atoms with van der Waals surface area (Å²) in [5, 5.41) is 4.40. The SMILES string of the molecule is CC(CC1CCC1)Nc1cc(Cl)ccc1N(C)C. The Morgan fingerprint density at radius 2 is 2.11 bits per heavy atom. The first-order valence-electron chi connectivity index (χ1n) is 6.79. The van der Waals surface area contributed by atoms with Crippen molar-refractivity contribution in [2.45, 2.75) is 38.6 Å². The molecule has 1 unspecified atom stereocenters. The van der Waals surface area contributed by atoms with Crippen LogP contribution in [0.3, 0.4) is 0 Å². The summed E-state index contributed by atoms with van der Waals surface area (Å²) < 4.78 is 0. The van der Waals surface area contributed by atoms with Crippen LogP contribution in [0.5, 0.6) is 0 Å². The van der Waals surface area contributed by atoms with Gasteiger partial charge >= 0.3 is 0 Å². The normalized spacial score (nSPS) is 17.1. The number of halogens is 1. The number of benzene rings is 1. The standard InChI is InChI=1S/C15H23ClN2/c1-11(9-12-5-4-6-12)17-14-10-13(16)7-8-15(14)18(2)3/h7-8,10-12,17H,4-6,9H2,1-3H3. The summed E-state index contributed by atoms with van der Waals surface area (Å²) in [5.41, 5.74) is 2.33. The first kappa shape index (κ1) is 13.5. The third kappa shape index (κ3) is 3.32. The molecule has 0 amide bonds. The summed E-state index contributed by atoms with van der Waals surface area (Å²) in [6.07, 6.45) is 5.49. The van der Waals surface area contributed by atoms with Crippen LogP contribution < -0.4 is 10.2 Å². The zero-order valence-electron chi connectivity index (χ0n) is 11.5. The minimum Gasteiger partial charge on any atom is -0.381 e. The van der Waals surface area contributed by atoms with E-state index < -0.39 is 0 Å². The number of rotatable bonds is 5. The summed E-state index contributed by atoms with van der Waals surface area (Å²) in [4.78, 5) is 2.12. The zero-order chi connectivity index (χ0) is 13.1. The van der Waals surface area contributed by atoms with Crippen LogP contribution in [0.15, 0.2) is 18.2 Å². The summed E-state index contributed by atoms with van der Waals surface area (Å²) >= 11 is 6.09. The Hall–Kier alpha value is -0.890. The first-order chi connectivity index (χ1) is 8.56. The van der Waals surface area contributed by atoms with Crippen LogP contribution >= 0.6 is 11.6 Å². The Bertz CT molecular complexity index is 399. The van der Waals surface area contributed by atoms with Crippen LogP contribution in [0.25, 0.3) is 0 Å². The predicted octanol–water partition coefficient (Wildman–Crippen LogP) is 4.40. The maximum Gasteiger partial charge on any atom is 0.0597 e. The van der Waals surface area contributed by atoms with Crippen molar-refractivity contribution in [3.8, 4) is 0 Å². The number of anilines is 2. The maximum atomic E-state index is 6.09. The molecule has 0 spiro atoms. The van der Waals surface area contributed by atoms with Crippen molar-refractivity contribution in [3.63, 3.8) is 0 Å². The minimum atomic E-state index is 0.507. The van der Waals surface area contributed by atoms with Gasteiger partial charge in [0.2, 0.25) is 0 Å². The zero-order valence-corrected chi connectivity index (χ0v) is 12.3. The Balaban J connectivity index is 2.03. The number of hydrogen-bond acceptors (Lipinski definition) is 2. The van der Waals surface area contributed by atoms with Gasteiger partial charge in [-0.3, -0.25) is 0 Å². The van der Waals surface area contributed by atoms with E-state index in [1.807, 2.05) is 12.1 Å². The van der Waals surface area contributed by atoms with Crippen LogP contribution in [0.1, 0.15) is 32.6 Å². The molecule has 1 saturated carbocycles. The Morgan fingerprint density at radius 3 is 2.67 bits per heavy atom. The van der Waals surface area contributed by atoms with Gasteiger partial charge < -0.3 is 10.2 Å². The van der Waals surface area contributed by atoms with Crippen LogP contribution in [0.4, 0.5) is 11.4 Å². The fourth-order valence-electron chi connectivity index (χ4n) is 2.57. The second-order valence-electron chi connectivity index (χ2n) is 5.63. The van der Waals surface area contributed by atoms with E-state index in [2.05, 4.69) is 37.3 Å². The van der Waals surface area contributed by atoms with Gasteiger partial charge in [0, 0.05) is 25.2 Å². The lowest BCUT2D eigenvalue weighted by Gasteiger charge is -2.30. The Labute approximate surface area is 115 Å². The summed E-state index contributed by atoms with van der Waals surface area (Å²) in [7, 11) is 4.12. The molecule has 1 aliphatic carbocycles. The molecule has 0 aromatic heterocycles.